The van der Waals surface area contributed by atoms with Crippen LogP contribution in [0.5, 0.6) is 0 Å². The third kappa shape index (κ3) is 0.538. The van der Waals surface area contributed by atoms with Gasteiger partial charge in [-0.25, -0.2) is 0 Å². The van der Waals surface area contributed by atoms with Gasteiger partial charge in [-0.1, -0.05) is 0 Å². The molecule has 4 fully saturated rings. The van der Waals surface area contributed by atoms with E-state index in [0.717, 1.165) is 0 Å². The first-order chi connectivity index (χ1) is 6.27. The molecular weight excluding hydrogens is 176 g/mol. The Bertz CT molecular complexity index is 307. The van der Waals surface area contributed by atoms with Gasteiger partial charge in [0, 0.05) is 0 Å². The van der Waals surface area contributed by atoms with Crippen molar-refractivity contribution in [3.63, 3.8) is 0 Å². The fourth-order valence-corrected chi connectivity index (χ4v) is 2.78. The molecule has 4 heterocycles. The average Bonchev–Trinajstić information content (AvgIpc) is 2.58. The Morgan fingerprint density at radius 3 is 1.77 bits per heavy atom. The molecular formula is C8H6O5. The summed E-state index contributed by atoms with van der Waals surface area (Å²) >= 11 is 0. The zero-order valence-electron chi connectivity index (χ0n) is 6.51. The van der Waals surface area contributed by atoms with Crippen LogP contribution in [0.25, 0.3) is 0 Å². The second-order valence-corrected chi connectivity index (χ2v) is 3.92. The fourth-order valence-electron chi connectivity index (χ4n) is 2.78. The molecule has 0 radical (unpaired) electrons. The van der Waals surface area contributed by atoms with Gasteiger partial charge in [-0.15, -0.1) is 0 Å². The highest BCUT2D eigenvalue weighted by atomic mass is 16.7. The summed E-state index contributed by atoms with van der Waals surface area (Å²) in [5.41, 5.74) is 0. The molecule has 6 atom stereocenters. The van der Waals surface area contributed by atoms with E-state index >= 15 is 0 Å². The van der Waals surface area contributed by atoms with Crippen LogP contribution in [0.2, 0.25) is 0 Å². The molecule has 4 aliphatic heterocycles. The van der Waals surface area contributed by atoms with Crippen LogP contribution < -0.4 is 0 Å². The molecule has 5 nitrogen and oxygen atoms in total. The van der Waals surface area contributed by atoms with Gasteiger partial charge in [0.2, 0.25) is 0 Å². The average molecular weight is 182 g/mol. The number of hydrogen-bond donors (Lipinski definition) is 0. The number of carbonyl (C=O) groups is 2. The summed E-state index contributed by atoms with van der Waals surface area (Å²) in [6, 6.07) is 0. The van der Waals surface area contributed by atoms with Crippen molar-refractivity contribution in [1.29, 1.82) is 0 Å². The molecule has 5 heteroatoms. The molecule has 4 aliphatic rings. The molecule has 0 aromatic rings. The molecule has 68 valence electrons. The minimum atomic E-state index is -0.434. The van der Waals surface area contributed by atoms with Crippen molar-refractivity contribution < 1.29 is 23.8 Å². The second kappa shape index (κ2) is 1.65. The second-order valence-electron chi connectivity index (χ2n) is 3.92. The zero-order valence-corrected chi connectivity index (χ0v) is 6.51. The molecule has 0 aromatic carbocycles. The van der Waals surface area contributed by atoms with Gasteiger partial charge in [-0.05, 0) is 0 Å². The smallest absolute Gasteiger partial charge is 0.320 e. The summed E-state index contributed by atoms with van der Waals surface area (Å²) in [7, 11) is 0. The van der Waals surface area contributed by atoms with Crippen molar-refractivity contribution in [3.8, 4) is 0 Å². The molecule has 0 saturated carbocycles. The van der Waals surface area contributed by atoms with E-state index in [9.17, 15) is 9.59 Å². The number of esters is 2. The lowest BCUT2D eigenvalue weighted by molar-refractivity contribution is -0.158. The topological polar surface area (TPSA) is 65.1 Å². The highest BCUT2D eigenvalue weighted by molar-refractivity contribution is 5.98. The lowest BCUT2D eigenvalue weighted by Gasteiger charge is -2.09. The highest BCUT2D eigenvalue weighted by Crippen LogP contribution is 2.56. The summed E-state index contributed by atoms with van der Waals surface area (Å²) in [4.78, 5) is 22.5. The number of ether oxygens (including phenoxy) is 3. The van der Waals surface area contributed by atoms with E-state index in [0.29, 0.717) is 0 Å². The van der Waals surface area contributed by atoms with Crippen LogP contribution in [-0.4, -0.2) is 36.4 Å². The molecule has 0 aromatic heterocycles. The molecule has 2 bridgehead atoms. The van der Waals surface area contributed by atoms with Crippen LogP contribution in [0, 0.1) is 11.8 Å². The Morgan fingerprint density at radius 1 is 0.769 bits per heavy atom. The predicted octanol–water partition coefficient (Wildman–Crippen LogP) is -1.15. The van der Waals surface area contributed by atoms with Crippen LogP contribution in [0.3, 0.4) is 0 Å². The maximum Gasteiger partial charge on any atom is 0.320 e. The van der Waals surface area contributed by atoms with E-state index in [4.69, 9.17) is 9.47 Å². The zero-order chi connectivity index (χ0) is 8.74. The molecule has 0 spiro atoms. The quantitative estimate of drug-likeness (QED) is 0.269. The van der Waals surface area contributed by atoms with Crippen molar-refractivity contribution in [3.05, 3.63) is 0 Å². The normalized spacial score (nSPS) is 60.6. The largest absolute Gasteiger partial charge is 0.393 e. The van der Waals surface area contributed by atoms with Crippen molar-refractivity contribution in [2.24, 2.45) is 11.8 Å². The van der Waals surface area contributed by atoms with Crippen molar-refractivity contribution >= 4 is 11.9 Å². The molecule has 0 aliphatic carbocycles. The minimum Gasteiger partial charge on any atom is -0.393 e. The Hall–Kier alpha value is -0.940. The fraction of sp³-hybridized carbons (Fsp3) is 0.750. The Morgan fingerprint density at radius 2 is 1.23 bits per heavy atom. The first-order valence-electron chi connectivity index (χ1n) is 4.34. The number of fused-ring (bicyclic) bond motifs is 8. The molecule has 0 N–H and O–H groups in total. The maximum atomic E-state index is 11.2. The van der Waals surface area contributed by atoms with Gasteiger partial charge in [0.25, 0.3) is 0 Å². The van der Waals surface area contributed by atoms with E-state index in [1.165, 1.54) is 0 Å². The first kappa shape index (κ1) is 6.50. The van der Waals surface area contributed by atoms with Crippen molar-refractivity contribution in [1.82, 2.24) is 0 Å². The van der Waals surface area contributed by atoms with E-state index in [2.05, 4.69) is 4.74 Å². The van der Waals surface area contributed by atoms with Gasteiger partial charge in [-0.3, -0.25) is 9.59 Å². The van der Waals surface area contributed by atoms with Gasteiger partial charge in [0.1, 0.15) is 36.3 Å². The molecule has 13 heavy (non-hydrogen) atoms. The predicted molar refractivity (Wildman–Crippen MR) is 35.4 cm³/mol. The van der Waals surface area contributed by atoms with E-state index in [1.54, 1.807) is 0 Å². The van der Waals surface area contributed by atoms with Crippen LogP contribution >= 0.6 is 0 Å². The standard InChI is InChI=1S/C8H6O5/c9-7-1-2(8(10)13-7)4-6-5(12-6)3(1)11-4/h1-6H/t1-,2+,3-,4+,5-,6-/m1/s1. The van der Waals surface area contributed by atoms with E-state index < -0.39 is 11.9 Å². The number of carbonyl (C=O) groups excluding carboxylic acids is 2. The lowest BCUT2D eigenvalue weighted by Crippen LogP contribution is -2.34. The van der Waals surface area contributed by atoms with Crippen LogP contribution in [0.1, 0.15) is 0 Å². The van der Waals surface area contributed by atoms with Gasteiger partial charge in [0.15, 0.2) is 0 Å². The first-order valence-corrected chi connectivity index (χ1v) is 4.34. The number of hydrogen-bond acceptors (Lipinski definition) is 5. The van der Waals surface area contributed by atoms with E-state index in [-0.39, 0.29) is 36.3 Å². The third-order valence-electron chi connectivity index (χ3n) is 3.36. The number of epoxide rings is 1. The summed E-state index contributed by atoms with van der Waals surface area (Å²) in [6.07, 6.45) is -0.354. The number of rotatable bonds is 0. The van der Waals surface area contributed by atoms with Gasteiger partial charge in [-0.2, -0.15) is 0 Å². The van der Waals surface area contributed by atoms with Crippen molar-refractivity contribution in [2.75, 3.05) is 0 Å². The van der Waals surface area contributed by atoms with Crippen LogP contribution in [-0.2, 0) is 23.8 Å². The SMILES string of the molecule is O=C1OC(=O)[C@H]2[C@H]3O[C@H]([C@H]4O[C@@H]43)[C@@H]12. The van der Waals surface area contributed by atoms with Crippen LogP contribution in [0.15, 0.2) is 0 Å². The van der Waals surface area contributed by atoms with Gasteiger partial charge >= 0.3 is 11.9 Å². The summed E-state index contributed by atoms with van der Waals surface area (Å²) < 4.78 is 15.3. The summed E-state index contributed by atoms with van der Waals surface area (Å²) in [5.74, 6) is -1.64. The summed E-state index contributed by atoms with van der Waals surface area (Å²) in [6.45, 7) is 0. The van der Waals surface area contributed by atoms with E-state index in [1.807, 2.05) is 0 Å². The van der Waals surface area contributed by atoms with Crippen LogP contribution in [0.4, 0.5) is 0 Å². The maximum absolute atomic E-state index is 11.2. The number of cyclic esters (lactones) is 2. The monoisotopic (exact) mass is 182 g/mol. The highest BCUT2D eigenvalue weighted by Gasteiger charge is 2.75. The van der Waals surface area contributed by atoms with Gasteiger partial charge < -0.3 is 14.2 Å². The Kier molecular flexibility index (Phi) is 0.825. The van der Waals surface area contributed by atoms with Gasteiger partial charge in [0.05, 0.1) is 0 Å². The third-order valence-corrected chi connectivity index (χ3v) is 3.36. The summed E-state index contributed by atoms with van der Waals surface area (Å²) in [5, 5.41) is 0. The molecule has 0 unspecified atom stereocenters. The Labute approximate surface area is 72.9 Å². The molecule has 4 rings (SSSR count). The molecule has 4 saturated heterocycles. The molecule has 0 amide bonds. The van der Waals surface area contributed by atoms with Crippen molar-refractivity contribution in [2.45, 2.75) is 24.4 Å². The lowest BCUT2D eigenvalue weighted by atomic mass is 9.81. The minimum absolute atomic E-state index is 0.0460. The Balaban J connectivity index is 1.84.